The van der Waals surface area contributed by atoms with Gasteiger partial charge in [0.25, 0.3) is 0 Å². The van der Waals surface area contributed by atoms with Gasteiger partial charge >= 0.3 is 12.1 Å². The highest BCUT2D eigenvalue weighted by Gasteiger charge is 2.25. The summed E-state index contributed by atoms with van der Waals surface area (Å²) in [6.07, 6.45) is -0.510. The van der Waals surface area contributed by atoms with Crippen molar-refractivity contribution in [3.05, 3.63) is 23.3 Å². The Hall–Kier alpha value is -2.28. The number of aromatic carboxylic acids is 1. The quantitative estimate of drug-likeness (QED) is 0.872. The maximum Gasteiger partial charge on any atom is 0.414 e. The van der Waals surface area contributed by atoms with Crippen molar-refractivity contribution in [2.75, 3.05) is 43.0 Å². The zero-order valence-electron chi connectivity index (χ0n) is 15.5. The van der Waals surface area contributed by atoms with E-state index in [1.54, 1.807) is 40.8 Å². The minimum atomic E-state index is -1.01. The van der Waals surface area contributed by atoms with Crippen molar-refractivity contribution in [3.63, 3.8) is 0 Å². The molecule has 1 aliphatic heterocycles. The molecule has 1 fully saturated rings. The predicted molar refractivity (Wildman–Crippen MR) is 97.9 cm³/mol. The smallest absolute Gasteiger partial charge is 0.414 e. The van der Waals surface area contributed by atoms with Crippen LogP contribution < -0.4 is 15.1 Å². The minimum absolute atomic E-state index is 0.196. The van der Waals surface area contributed by atoms with E-state index in [-0.39, 0.29) is 5.56 Å². The van der Waals surface area contributed by atoms with Gasteiger partial charge in [0.1, 0.15) is 5.60 Å². The molecular weight excluding hydrogens is 322 g/mol. The summed E-state index contributed by atoms with van der Waals surface area (Å²) in [5, 5.41) is 12.8. The lowest BCUT2D eigenvalue weighted by atomic mass is 10.0. The number of hydrogen-bond acceptors (Lipinski definition) is 5. The Labute approximate surface area is 148 Å². The Kier molecular flexibility index (Phi) is 5.57. The molecule has 138 valence electrons. The number of rotatable bonds is 3. The Morgan fingerprint density at radius 2 is 1.84 bits per heavy atom. The zero-order valence-corrected chi connectivity index (χ0v) is 15.5. The summed E-state index contributed by atoms with van der Waals surface area (Å²) in [4.78, 5) is 27.6. The number of carboxylic acid groups (broad SMARTS) is 1. The van der Waals surface area contributed by atoms with Crippen molar-refractivity contribution in [1.82, 2.24) is 5.32 Å². The molecule has 1 heterocycles. The normalized spacial score (nSPS) is 15.0. The summed E-state index contributed by atoms with van der Waals surface area (Å²) in [7, 11) is 1.60. The van der Waals surface area contributed by atoms with Gasteiger partial charge in [-0.2, -0.15) is 0 Å². The van der Waals surface area contributed by atoms with Gasteiger partial charge in [-0.1, -0.05) is 0 Å². The van der Waals surface area contributed by atoms with Crippen molar-refractivity contribution in [1.29, 1.82) is 0 Å². The van der Waals surface area contributed by atoms with Gasteiger partial charge < -0.3 is 20.1 Å². The first-order valence-corrected chi connectivity index (χ1v) is 8.40. The third-order valence-corrected chi connectivity index (χ3v) is 4.11. The Morgan fingerprint density at radius 3 is 2.36 bits per heavy atom. The molecule has 1 aromatic rings. The van der Waals surface area contributed by atoms with Gasteiger partial charge in [0.05, 0.1) is 11.3 Å². The average molecular weight is 349 g/mol. The molecule has 2 rings (SSSR count). The number of hydrogen-bond donors (Lipinski definition) is 2. The van der Waals surface area contributed by atoms with Gasteiger partial charge in [0, 0.05) is 38.9 Å². The molecule has 0 aliphatic carbocycles. The molecule has 0 bridgehead atoms. The van der Waals surface area contributed by atoms with Crippen molar-refractivity contribution in [3.8, 4) is 0 Å². The molecule has 1 aromatic carbocycles. The average Bonchev–Trinajstić information content (AvgIpc) is 2.53. The second-order valence-corrected chi connectivity index (χ2v) is 7.22. The fourth-order valence-corrected chi connectivity index (χ4v) is 2.79. The highest BCUT2D eigenvalue weighted by Crippen LogP contribution is 2.30. The van der Waals surface area contributed by atoms with Gasteiger partial charge in [-0.25, -0.2) is 9.59 Å². The van der Waals surface area contributed by atoms with Crippen LogP contribution >= 0.6 is 0 Å². The molecule has 1 aliphatic rings. The second-order valence-electron chi connectivity index (χ2n) is 7.22. The molecule has 7 heteroatoms. The summed E-state index contributed by atoms with van der Waals surface area (Å²) < 4.78 is 5.41. The number of carboxylic acids is 1. The van der Waals surface area contributed by atoms with Gasteiger partial charge in [-0.3, -0.25) is 4.90 Å². The van der Waals surface area contributed by atoms with Gasteiger partial charge in [0.2, 0.25) is 0 Å². The molecule has 0 radical (unpaired) electrons. The van der Waals surface area contributed by atoms with Crippen LogP contribution in [0.3, 0.4) is 0 Å². The van der Waals surface area contributed by atoms with Crippen LogP contribution in [0.15, 0.2) is 12.1 Å². The first-order valence-electron chi connectivity index (χ1n) is 8.40. The predicted octanol–water partition coefficient (Wildman–Crippen LogP) is 2.47. The summed E-state index contributed by atoms with van der Waals surface area (Å²) in [6, 6.07) is 3.53. The van der Waals surface area contributed by atoms with Crippen molar-refractivity contribution in [2.24, 2.45) is 0 Å². The van der Waals surface area contributed by atoms with E-state index in [9.17, 15) is 14.7 Å². The fraction of sp³-hybridized carbons (Fsp3) is 0.556. The molecule has 0 spiro atoms. The van der Waals surface area contributed by atoms with Gasteiger partial charge in [0.15, 0.2) is 0 Å². The summed E-state index contributed by atoms with van der Waals surface area (Å²) in [6.45, 7) is 10.4. The van der Waals surface area contributed by atoms with Crippen LogP contribution in [-0.2, 0) is 4.74 Å². The number of ether oxygens (including phenoxy) is 1. The van der Waals surface area contributed by atoms with Crippen molar-refractivity contribution >= 4 is 23.4 Å². The van der Waals surface area contributed by atoms with Gasteiger partial charge in [-0.15, -0.1) is 0 Å². The van der Waals surface area contributed by atoms with E-state index in [2.05, 4.69) is 10.2 Å². The second kappa shape index (κ2) is 7.31. The number of carbonyl (C=O) groups is 2. The standard InChI is InChI=1S/C18H27N3O4/c1-12-14(16(22)23)10-13(21-8-6-19-7-9-21)11-15(12)20(5)17(24)25-18(2,3)4/h10-11,19H,6-9H2,1-5H3,(H,22,23). The van der Waals surface area contributed by atoms with Crippen LogP contribution in [0.4, 0.5) is 16.2 Å². The minimum Gasteiger partial charge on any atom is -0.478 e. The van der Waals surface area contributed by atoms with E-state index in [1.165, 1.54) is 4.90 Å². The molecular formula is C18H27N3O4. The molecule has 1 amide bonds. The topological polar surface area (TPSA) is 82.1 Å². The lowest BCUT2D eigenvalue weighted by Crippen LogP contribution is -2.43. The highest BCUT2D eigenvalue weighted by molar-refractivity contribution is 5.96. The number of benzene rings is 1. The molecule has 0 saturated carbocycles. The van der Waals surface area contributed by atoms with E-state index in [4.69, 9.17) is 4.74 Å². The molecule has 0 atom stereocenters. The summed E-state index contributed by atoms with van der Waals surface area (Å²) >= 11 is 0. The zero-order chi connectivity index (χ0) is 18.8. The van der Waals surface area contributed by atoms with Crippen LogP contribution in [0, 0.1) is 6.92 Å². The van der Waals surface area contributed by atoms with E-state index >= 15 is 0 Å². The number of anilines is 2. The monoisotopic (exact) mass is 349 g/mol. The van der Waals surface area contributed by atoms with E-state index < -0.39 is 17.7 Å². The maximum atomic E-state index is 12.4. The lowest BCUT2D eigenvalue weighted by Gasteiger charge is -2.32. The van der Waals surface area contributed by atoms with Gasteiger partial charge in [-0.05, 0) is 45.4 Å². The third kappa shape index (κ3) is 4.63. The number of carbonyl (C=O) groups excluding carboxylic acids is 1. The summed E-state index contributed by atoms with van der Waals surface area (Å²) in [5.74, 6) is -1.01. The number of nitrogens with zero attached hydrogens (tertiary/aromatic N) is 2. The SMILES string of the molecule is Cc1c(C(=O)O)cc(N2CCNCC2)cc1N(C)C(=O)OC(C)(C)C. The molecule has 25 heavy (non-hydrogen) atoms. The van der Waals surface area contributed by atoms with Crippen LogP contribution in [-0.4, -0.2) is 56.0 Å². The maximum absolute atomic E-state index is 12.4. The fourth-order valence-electron chi connectivity index (χ4n) is 2.79. The van der Waals surface area contributed by atoms with Crippen LogP contribution in [0.25, 0.3) is 0 Å². The molecule has 1 saturated heterocycles. The van der Waals surface area contributed by atoms with Crippen molar-refractivity contribution in [2.45, 2.75) is 33.3 Å². The molecule has 0 aromatic heterocycles. The Balaban J connectivity index is 2.42. The first kappa shape index (κ1) is 19.1. The van der Waals surface area contributed by atoms with Crippen LogP contribution in [0.5, 0.6) is 0 Å². The number of piperazine rings is 1. The molecule has 0 unspecified atom stereocenters. The Bertz CT molecular complexity index is 661. The van der Waals surface area contributed by atoms with Crippen LogP contribution in [0.1, 0.15) is 36.7 Å². The number of nitrogens with one attached hydrogen (secondary N) is 1. The highest BCUT2D eigenvalue weighted by atomic mass is 16.6. The first-order chi connectivity index (χ1) is 11.6. The van der Waals surface area contributed by atoms with Crippen molar-refractivity contribution < 1.29 is 19.4 Å². The molecule has 7 nitrogen and oxygen atoms in total. The van der Waals surface area contributed by atoms with E-state index in [1.807, 2.05) is 6.07 Å². The van der Waals surface area contributed by atoms with E-state index in [0.717, 1.165) is 31.9 Å². The lowest BCUT2D eigenvalue weighted by molar-refractivity contribution is 0.0587. The Morgan fingerprint density at radius 1 is 1.24 bits per heavy atom. The van der Waals surface area contributed by atoms with Crippen LogP contribution in [0.2, 0.25) is 0 Å². The third-order valence-electron chi connectivity index (χ3n) is 4.11. The molecule has 2 N–H and O–H groups in total. The summed E-state index contributed by atoms with van der Waals surface area (Å²) in [5.41, 5.74) is 1.46. The number of amides is 1. The largest absolute Gasteiger partial charge is 0.478 e. The van der Waals surface area contributed by atoms with E-state index in [0.29, 0.717) is 11.3 Å².